The maximum atomic E-state index is 13.1. The molecule has 0 unspecified atom stereocenters. The molecule has 3 rings (SSSR count). The molecule has 3 N–H and O–H groups in total. The highest BCUT2D eigenvalue weighted by Gasteiger charge is 2.08. The Morgan fingerprint density at radius 1 is 1.11 bits per heavy atom. The van der Waals surface area contributed by atoms with Gasteiger partial charge in [-0.25, -0.2) is 4.98 Å². The van der Waals surface area contributed by atoms with Crippen LogP contribution in [0.4, 0.5) is 10.1 Å². The van der Waals surface area contributed by atoms with E-state index in [0.717, 1.165) is 11.6 Å². The van der Waals surface area contributed by atoms with E-state index in [1.165, 1.54) is 30.7 Å². The molecule has 0 aliphatic carbocycles. The fourth-order valence-electron chi connectivity index (χ4n) is 2.29. The number of carbonyl (C=O) groups excluding carboxylic acids is 2. The van der Waals surface area contributed by atoms with Crippen LogP contribution in [-0.4, -0.2) is 21.8 Å². The van der Waals surface area contributed by atoms with Gasteiger partial charge in [0.1, 0.15) is 12.4 Å². The number of rotatable bonds is 6. The Bertz CT molecular complexity index is 994. The summed E-state index contributed by atoms with van der Waals surface area (Å²) in [7, 11) is 0. The molecule has 3 aromatic rings. The number of amides is 2. The number of hydrogen-bond acceptors (Lipinski definition) is 5. The van der Waals surface area contributed by atoms with Crippen molar-refractivity contribution in [1.29, 1.82) is 0 Å². The number of primary amides is 1. The topological polar surface area (TPSA) is 107 Å². The zero-order chi connectivity index (χ0) is 19.2. The van der Waals surface area contributed by atoms with Crippen molar-refractivity contribution in [2.75, 3.05) is 5.32 Å². The molecule has 0 saturated heterocycles. The minimum Gasteiger partial charge on any atom is -0.487 e. The SMILES string of the molecule is NC(=O)c1cncc(OCc2cccc(NC(=O)c3ccnc(F)c3)c2)c1. The van der Waals surface area contributed by atoms with E-state index in [9.17, 15) is 14.0 Å². The van der Waals surface area contributed by atoms with Crippen LogP contribution in [0.5, 0.6) is 5.75 Å². The monoisotopic (exact) mass is 366 g/mol. The number of pyridine rings is 2. The van der Waals surface area contributed by atoms with Gasteiger partial charge in [0.2, 0.25) is 11.9 Å². The minimum absolute atomic E-state index is 0.165. The molecule has 2 heterocycles. The van der Waals surface area contributed by atoms with Gasteiger partial charge in [0, 0.05) is 29.7 Å². The molecule has 0 bridgehead atoms. The molecule has 8 heteroatoms. The van der Waals surface area contributed by atoms with Crippen LogP contribution >= 0.6 is 0 Å². The molecule has 0 spiro atoms. The Balaban J connectivity index is 1.66. The van der Waals surface area contributed by atoms with Crippen LogP contribution in [0.15, 0.2) is 61.1 Å². The highest BCUT2D eigenvalue weighted by Crippen LogP contribution is 2.16. The van der Waals surface area contributed by atoms with Crippen LogP contribution in [-0.2, 0) is 6.61 Å². The number of hydrogen-bond donors (Lipinski definition) is 2. The van der Waals surface area contributed by atoms with Crippen molar-refractivity contribution < 1.29 is 18.7 Å². The van der Waals surface area contributed by atoms with Crippen LogP contribution < -0.4 is 15.8 Å². The summed E-state index contributed by atoms with van der Waals surface area (Å²) in [6.07, 6.45) is 4.05. The van der Waals surface area contributed by atoms with Gasteiger partial charge < -0.3 is 15.8 Å². The van der Waals surface area contributed by atoms with E-state index in [4.69, 9.17) is 10.5 Å². The summed E-state index contributed by atoms with van der Waals surface area (Å²) in [6, 6.07) is 11.0. The summed E-state index contributed by atoms with van der Waals surface area (Å²) >= 11 is 0. The molecule has 0 atom stereocenters. The van der Waals surface area contributed by atoms with E-state index in [1.807, 2.05) is 6.07 Å². The predicted octanol–water partition coefficient (Wildman–Crippen LogP) is 2.55. The summed E-state index contributed by atoms with van der Waals surface area (Å²) in [6.45, 7) is 0.192. The average molecular weight is 366 g/mol. The lowest BCUT2D eigenvalue weighted by Crippen LogP contribution is -2.12. The first-order valence-corrected chi connectivity index (χ1v) is 7.91. The van der Waals surface area contributed by atoms with Crippen molar-refractivity contribution in [2.24, 2.45) is 5.73 Å². The Kier molecular flexibility index (Phi) is 5.36. The van der Waals surface area contributed by atoms with E-state index in [0.29, 0.717) is 11.4 Å². The van der Waals surface area contributed by atoms with Crippen LogP contribution in [0.25, 0.3) is 0 Å². The maximum Gasteiger partial charge on any atom is 0.255 e. The summed E-state index contributed by atoms with van der Waals surface area (Å²) in [4.78, 5) is 30.7. The lowest BCUT2D eigenvalue weighted by molar-refractivity contribution is 0.0997. The molecular formula is C19H15FN4O3. The van der Waals surface area contributed by atoms with Crippen LogP contribution in [0.1, 0.15) is 26.3 Å². The van der Waals surface area contributed by atoms with Gasteiger partial charge in [-0.1, -0.05) is 12.1 Å². The van der Waals surface area contributed by atoms with Crippen molar-refractivity contribution in [2.45, 2.75) is 6.61 Å². The molecule has 1 aromatic carbocycles. The smallest absolute Gasteiger partial charge is 0.255 e. The quantitative estimate of drug-likeness (QED) is 0.652. The Hall–Kier alpha value is -3.81. The molecule has 2 aromatic heterocycles. The van der Waals surface area contributed by atoms with Gasteiger partial charge in [0.15, 0.2) is 0 Å². The van der Waals surface area contributed by atoms with Crippen molar-refractivity contribution in [3.8, 4) is 5.75 Å². The van der Waals surface area contributed by atoms with Gasteiger partial charge in [-0.2, -0.15) is 4.39 Å². The molecule has 136 valence electrons. The lowest BCUT2D eigenvalue weighted by atomic mass is 10.2. The predicted molar refractivity (Wildman–Crippen MR) is 95.7 cm³/mol. The van der Waals surface area contributed by atoms with Crippen molar-refractivity contribution >= 4 is 17.5 Å². The number of benzene rings is 1. The number of anilines is 1. The number of nitrogens with one attached hydrogen (secondary N) is 1. The second-order valence-electron chi connectivity index (χ2n) is 5.58. The third-order valence-corrected chi connectivity index (χ3v) is 3.58. The van der Waals surface area contributed by atoms with E-state index in [-0.39, 0.29) is 17.7 Å². The zero-order valence-electron chi connectivity index (χ0n) is 14.1. The average Bonchev–Trinajstić information content (AvgIpc) is 2.67. The van der Waals surface area contributed by atoms with Crippen LogP contribution in [0.2, 0.25) is 0 Å². The summed E-state index contributed by atoms with van der Waals surface area (Å²) in [5.74, 6) is -1.37. The van der Waals surface area contributed by atoms with Gasteiger partial charge >= 0.3 is 0 Å². The molecule has 7 nitrogen and oxygen atoms in total. The molecule has 0 saturated carbocycles. The van der Waals surface area contributed by atoms with Crippen LogP contribution in [0.3, 0.4) is 0 Å². The van der Waals surface area contributed by atoms with Crippen molar-refractivity contribution in [3.63, 3.8) is 0 Å². The highest BCUT2D eigenvalue weighted by atomic mass is 19.1. The normalized spacial score (nSPS) is 10.3. The third kappa shape index (κ3) is 4.85. The molecule has 0 aliphatic rings. The molecule has 0 fully saturated rings. The first kappa shape index (κ1) is 18.0. The van der Waals surface area contributed by atoms with Gasteiger partial charge in [0.25, 0.3) is 5.91 Å². The van der Waals surface area contributed by atoms with Crippen LogP contribution in [0, 0.1) is 5.95 Å². The number of nitrogens with two attached hydrogens (primary N) is 1. The van der Waals surface area contributed by atoms with Gasteiger partial charge in [-0.15, -0.1) is 0 Å². The third-order valence-electron chi connectivity index (χ3n) is 3.58. The zero-order valence-corrected chi connectivity index (χ0v) is 14.1. The molecular weight excluding hydrogens is 351 g/mol. The van der Waals surface area contributed by atoms with Crippen molar-refractivity contribution in [1.82, 2.24) is 9.97 Å². The Labute approximate surface area is 154 Å². The number of carbonyl (C=O) groups is 2. The maximum absolute atomic E-state index is 13.1. The minimum atomic E-state index is -0.725. The van der Waals surface area contributed by atoms with Gasteiger partial charge in [-0.3, -0.25) is 14.6 Å². The number of halogens is 1. The highest BCUT2D eigenvalue weighted by molar-refractivity contribution is 6.04. The number of aromatic nitrogens is 2. The van der Waals surface area contributed by atoms with Gasteiger partial charge in [-0.05, 0) is 29.8 Å². The molecule has 0 aliphatic heterocycles. The fourth-order valence-corrected chi connectivity index (χ4v) is 2.29. The summed E-state index contributed by atoms with van der Waals surface area (Å²) < 4.78 is 18.7. The number of ether oxygens (including phenoxy) is 1. The van der Waals surface area contributed by atoms with E-state index in [2.05, 4.69) is 15.3 Å². The molecule has 27 heavy (non-hydrogen) atoms. The number of nitrogens with zero attached hydrogens (tertiary/aromatic N) is 2. The lowest BCUT2D eigenvalue weighted by Gasteiger charge is -2.09. The standard InChI is InChI=1S/C19H15FN4O3/c20-17-8-13(4-5-23-17)19(26)24-15-3-1-2-12(6-15)11-27-16-7-14(18(21)25)9-22-10-16/h1-10H,11H2,(H2,21,25)(H,24,26). The Morgan fingerprint density at radius 2 is 1.96 bits per heavy atom. The largest absolute Gasteiger partial charge is 0.487 e. The summed E-state index contributed by atoms with van der Waals surface area (Å²) in [5, 5.41) is 2.69. The fraction of sp³-hybridized carbons (Fsp3) is 0.0526. The van der Waals surface area contributed by atoms with E-state index < -0.39 is 17.8 Å². The Morgan fingerprint density at radius 3 is 2.74 bits per heavy atom. The first-order valence-electron chi connectivity index (χ1n) is 7.91. The van der Waals surface area contributed by atoms with E-state index in [1.54, 1.807) is 18.2 Å². The van der Waals surface area contributed by atoms with Gasteiger partial charge in [0.05, 0.1) is 11.8 Å². The van der Waals surface area contributed by atoms with E-state index >= 15 is 0 Å². The second-order valence-corrected chi connectivity index (χ2v) is 5.58. The van der Waals surface area contributed by atoms with Crippen molar-refractivity contribution in [3.05, 3.63) is 83.7 Å². The first-order chi connectivity index (χ1) is 13.0. The second kappa shape index (κ2) is 8.05. The summed E-state index contributed by atoms with van der Waals surface area (Å²) in [5.41, 5.74) is 6.93. The molecule has 2 amide bonds. The molecule has 0 radical (unpaired) electrons.